The molecule has 6 aromatic rings. The van der Waals surface area contributed by atoms with Crippen molar-refractivity contribution in [3.05, 3.63) is 65.9 Å². The molecule has 6 rings (SSSR count). The summed E-state index contributed by atoms with van der Waals surface area (Å²) in [5.41, 5.74) is 7.03. The maximum atomic E-state index is 11.8. The first-order valence-corrected chi connectivity index (χ1v) is 12.4. The van der Waals surface area contributed by atoms with Crippen molar-refractivity contribution in [1.82, 2.24) is 30.1 Å². The minimum atomic E-state index is 0.0423. The molecule has 178 valence electrons. The van der Waals surface area contributed by atoms with Crippen molar-refractivity contribution >= 4 is 44.7 Å². The molecule has 5 heterocycles. The first-order chi connectivity index (χ1) is 17.5. The van der Waals surface area contributed by atoms with Gasteiger partial charge in [-0.25, -0.2) is 4.98 Å². The third kappa shape index (κ3) is 3.93. The summed E-state index contributed by atoms with van der Waals surface area (Å²) in [5, 5.41) is 12.1. The fraction of sp³-hybridized carbons (Fsp3) is 0.148. The van der Waals surface area contributed by atoms with Gasteiger partial charge in [0, 0.05) is 35.6 Å². The molecule has 0 aliphatic heterocycles. The Balaban J connectivity index is 1.43. The second-order valence-electron chi connectivity index (χ2n) is 8.96. The number of carbonyl (C=O) groups excluding carboxylic acids is 1. The van der Waals surface area contributed by atoms with Gasteiger partial charge in [0.15, 0.2) is 11.6 Å². The summed E-state index contributed by atoms with van der Waals surface area (Å²) in [6.07, 6.45) is 5.44. The van der Waals surface area contributed by atoms with Crippen LogP contribution >= 0.6 is 11.3 Å². The van der Waals surface area contributed by atoms with Gasteiger partial charge in [-0.05, 0) is 62.7 Å². The Morgan fingerprint density at radius 3 is 2.69 bits per heavy atom. The fourth-order valence-electron chi connectivity index (χ4n) is 4.27. The second-order valence-corrected chi connectivity index (χ2v) is 10.0. The Kier molecular flexibility index (Phi) is 5.34. The molecule has 0 saturated carbocycles. The Labute approximate surface area is 210 Å². The minimum Gasteiger partial charge on any atom is -0.382 e. The molecule has 0 unspecified atom stereocenters. The van der Waals surface area contributed by atoms with Gasteiger partial charge in [0.05, 0.1) is 26.5 Å². The number of Topliss-reactive ketones (excluding diaryl/α,β-unsaturated/α-hetero) is 1. The summed E-state index contributed by atoms with van der Waals surface area (Å²) in [5.74, 6) is 0.694. The van der Waals surface area contributed by atoms with E-state index in [0.29, 0.717) is 16.7 Å². The molecule has 8 nitrogen and oxygen atoms in total. The highest BCUT2D eigenvalue weighted by Crippen LogP contribution is 2.34. The normalized spacial score (nSPS) is 11.6. The molecule has 3 N–H and O–H groups in total. The molecular weight excluding hydrogens is 470 g/mol. The monoisotopic (exact) mass is 493 g/mol. The summed E-state index contributed by atoms with van der Waals surface area (Å²) in [4.78, 5) is 30.6. The molecule has 9 heteroatoms. The number of hydrogen-bond donors (Lipinski definition) is 3. The lowest BCUT2D eigenvalue weighted by Crippen LogP contribution is -2.09. The predicted octanol–water partition coefficient (Wildman–Crippen LogP) is 6.31. The number of carbonyl (C=O) groups is 1. The lowest BCUT2D eigenvalue weighted by atomic mass is 10.0. The number of thiophene rings is 1. The van der Waals surface area contributed by atoms with Crippen LogP contribution in [0.2, 0.25) is 0 Å². The number of benzene rings is 1. The molecule has 0 fully saturated rings. The number of aromatic nitrogens is 6. The fourth-order valence-corrected chi connectivity index (χ4v) is 5.17. The van der Waals surface area contributed by atoms with E-state index < -0.39 is 0 Å². The molecule has 0 amide bonds. The number of aromatic amines is 2. The van der Waals surface area contributed by atoms with Crippen LogP contribution in [0.4, 0.5) is 5.69 Å². The van der Waals surface area contributed by atoms with Gasteiger partial charge in [0.2, 0.25) is 0 Å². The average Bonchev–Trinajstić information content (AvgIpc) is 3.60. The zero-order valence-corrected chi connectivity index (χ0v) is 20.8. The molecule has 0 atom stereocenters. The average molecular weight is 494 g/mol. The molecule has 0 aliphatic carbocycles. The van der Waals surface area contributed by atoms with Crippen LogP contribution < -0.4 is 5.32 Å². The predicted molar refractivity (Wildman–Crippen MR) is 144 cm³/mol. The van der Waals surface area contributed by atoms with Crippen molar-refractivity contribution in [2.24, 2.45) is 0 Å². The summed E-state index contributed by atoms with van der Waals surface area (Å²) < 4.78 is 0. The van der Waals surface area contributed by atoms with Gasteiger partial charge in [-0.15, -0.1) is 11.3 Å². The van der Waals surface area contributed by atoms with Crippen LogP contribution in [-0.2, 0) is 0 Å². The lowest BCUT2D eigenvalue weighted by molar-refractivity contribution is 0.102. The SMILES string of the molecule is CC(=O)c1ccc(-c2nccc3[nH]c(-c4n[nH]c5ccc(-c6cncc(NC(C)C)c6)cc45)nc23)s1. The van der Waals surface area contributed by atoms with Gasteiger partial charge in [-0.3, -0.25) is 19.9 Å². The number of H-pyrrole nitrogens is 2. The van der Waals surface area contributed by atoms with Crippen molar-refractivity contribution < 1.29 is 4.79 Å². The van der Waals surface area contributed by atoms with Gasteiger partial charge in [0.25, 0.3) is 0 Å². The van der Waals surface area contributed by atoms with Gasteiger partial charge < -0.3 is 10.3 Å². The second kappa shape index (κ2) is 8.69. The Morgan fingerprint density at radius 2 is 1.89 bits per heavy atom. The van der Waals surface area contributed by atoms with Gasteiger partial charge in [0.1, 0.15) is 16.9 Å². The highest BCUT2D eigenvalue weighted by Gasteiger charge is 2.18. The first kappa shape index (κ1) is 22.1. The van der Waals surface area contributed by atoms with E-state index >= 15 is 0 Å². The molecule has 5 aromatic heterocycles. The van der Waals surface area contributed by atoms with Crippen LogP contribution in [0.1, 0.15) is 30.4 Å². The van der Waals surface area contributed by atoms with Crippen molar-refractivity contribution in [2.45, 2.75) is 26.8 Å². The number of hydrogen-bond acceptors (Lipinski definition) is 7. The molecule has 36 heavy (non-hydrogen) atoms. The van der Waals surface area contributed by atoms with E-state index in [1.54, 1.807) is 13.1 Å². The van der Waals surface area contributed by atoms with E-state index in [-0.39, 0.29) is 5.78 Å². The molecule has 0 spiro atoms. The van der Waals surface area contributed by atoms with Crippen LogP contribution in [0.3, 0.4) is 0 Å². The van der Waals surface area contributed by atoms with Crippen molar-refractivity contribution in [1.29, 1.82) is 0 Å². The van der Waals surface area contributed by atoms with Crippen molar-refractivity contribution in [3.63, 3.8) is 0 Å². The topological polar surface area (TPSA) is 112 Å². The van der Waals surface area contributed by atoms with Crippen molar-refractivity contribution in [2.75, 3.05) is 5.32 Å². The smallest absolute Gasteiger partial charge is 0.169 e. The van der Waals surface area contributed by atoms with E-state index in [1.807, 2.05) is 36.7 Å². The number of nitrogens with zero attached hydrogens (tertiary/aromatic N) is 4. The molecular formula is C27H23N7OS. The number of anilines is 1. The summed E-state index contributed by atoms with van der Waals surface area (Å²) in [6.45, 7) is 5.78. The third-order valence-corrected chi connectivity index (χ3v) is 7.09. The van der Waals surface area contributed by atoms with Crippen molar-refractivity contribution in [3.8, 4) is 33.2 Å². The Morgan fingerprint density at radius 1 is 1.00 bits per heavy atom. The van der Waals surface area contributed by atoms with Gasteiger partial charge in [-0.1, -0.05) is 6.07 Å². The molecule has 0 bridgehead atoms. The Hall–Kier alpha value is -4.37. The maximum absolute atomic E-state index is 11.8. The standard InChI is InChI=1S/C27H23N7OS/c1-14(2)30-18-10-17(12-28-13-18)16-4-5-20-19(11-16)24(34-33-20)27-31-21-8-9-29-26(25(21)32-27)23-7-6-22(36-23)15(3)35/h4-14,30H,1-3H3,(H,31,32)(H,33,34). The third-order valence-electron chi connectivity index (χ3n) is 5.90. The van der Waals surface area contributed by atoms with Crippen LogP contribution in [-0.4, -0.2) is 42.0 Å². The number of fused-ring (bicyclic) bond motifs is 2. The highest BCUT2D eigenvalue weighted by molar-refractivity contribution is 7.17. The largest absolute Gasteiger partial charge is 0.382 e. The van der Waals surface area contributed by atoms with Gasteiger partial charge in [-0.2, -0.15) is 5.10 Å². The van der Waals surface area contributed by atoms with Crippen LogP contribution in [0.15, 0.2) is 61.1 Å². The maximum Gasteiger partial charge on any atom is 0.169 e. The van der Waals surface area contributed by atoms with E-state index in [9.17, 15) is 4.79 Å². The first-order valence-electron chi connectivity index (χ1n) is 11.6. The van der Waals surface area contributed by atoms with Crippen LogP contribution in [0.25, 0.3) is 55.2 Å². The Bertz CT molecular complexity index is 1740. The van der Waals surface area contributed by atoms with E-state index in [1.165, 1.54) is 11.3 Å². The molecule has 0 saturated heterocycles. The summed E-state index contributed by atoms with van der Waals surface area (Å²) >= 11 is 1.42. The number of nitrogens with one attached hydrogen (secondary N) is 3. The number of pyridine rings is 2. The number of imidazole rings is 1. The van der Waals surface area contributed by atoms with Gasteiger partial charge >= 0.3 is 0 Å². The quantitative estimate of drug-likeness (QED) is 0.234. The molecule has 1 aromatic carbocycles. The van der Waals surface area contributed by atoms with E-state index in [0.717, 1.165) is 55.0 Å². The highest BCUT2D eigenvalue weighted by atomic mass is 32.1. The van der Waals surface area contributed by atoms with Crippen LogP contribution in [0, 0.1) is 0 Å². The summed E-state index contributed by atoms with van der Waals surface area (Å²) in [6, 6.07) is 14.3. The zero-order chi connectivity index (χ0) is 24.8. The van der Waals surface area contributed by atoms with Crippen LogP contribution in [0.5, 0.6) is 0 Å². The summed E-state index contributed by atoms with van der Waals surface area (Å²) in [7, 11) is 0. The van der Waals surface area contributed by atoms with E-state index in [4.69, 9.17) is 4.98 Å². The minimum absolute atomic E-state index is 0.0423. The zero-order valence-electron chi connectivity index (χ0n) is 20.0. The molecule has 0 radical (unpaired) electrons. The molecule has 0 aliphatic rings. The lowest BCUT2D eigenvalue weighted by Gasteiger charge is -2.11. The number of ketones is 1. The van der Waals surface area contributed by atoms with E-state index in [2.05, 4.69) is 62.5 Å². The number of rotatable bonds is 6.